The largest absolute Gasteiger partial charge is 0.433 e. The van der Waals surface area contributed by atoms with Gasteiger partial charge in [-0.05, 0) is 36.5 Å². The molecule has 29 heavy (non-hydrogen) atoms. The van der Waals surface area contributed by atoms with Crippen LogP contribution in [-0.4, -0.2) is 34.9 Å². The Morgan fingerprint density at radius 1 is 1.24 bits per heavy atom. The Morgan fingerprint density at radius 2 is 2.03 bits per heavy atom. The van der Waals surface area contributed by atoms with E-state index in [1.54, 1.807) is 11.0 Å². The van der Waals surface area contributed by atoms with Crippen LogP contribution in [0.3, 0.4) is 0 Å². The average Bonchev–Trinajstić information content (AvgIpc) is 3.52. The standard InChI is InChI=1S/C19H18F3N5O2/c20-19(21,22)15-4-3-12(6-23-15)7-26-18(29)13-5-14-17(24-8-13)25-9-16(28)27(14)10-11-1-2-11/h3-6,8,11H,1-2,7,9-10H2,(H,24,25)(H,26,29). The lowest BCUT2D eigenvalue weighted by Crippen LogP contribution is -2.41. The predicted octanol–water partition coefficient (Wildman–Crippen LogP) is 2.59. The molecule has 0 unspecified atom stereocenters. The Labute approximate surface area is 164 Å². The summed E-state index contributed by atoms with van der Waals surface area (Å²) in [7, 11) is 0. The van der Waals surface area contributed by atoms with Crippen molar-refractivity contribution in [2.75, 3.05) is 23.3 Å². The van der Waals surface area contributed by atoms with E-state index in [-0.39, 0.29) is 24.6 Å². The van der Waals surface area contributed by atoms with Crippen molar-refractivity contribution in [1.82, 2.24) is 15.3 Å². The fraction of sp³-hybridized carbons (Fsp3) is 0.368. The van der Waals surface area contributed by atoms with Crippen molar-refractivity contribution in [3.05, 3.63) is 47.4 Å². The number of alkyl halides is 3. The normalized spacial score (nSPS) is 16.2. The van der Waals surface area contributed by atoms with Crippen LogP contribution in [0.1, 0.15) is 34.5 Å². The SMILES string of the molecule is O=C(NCc1ccc(C(F)(F)F)nc1)c1cnc2c(c1)N(CC1CC1)C(=O)CN2. The molecule has 0 bridgehead atoms. The van der Waals surface area contributed by atoms with Gasteiger partial charge in [0, 0.05) is 25.5 Å². The summed E-state index contributed by atoms with van der Waals surface area (Å²) >= 11 is 0. The molecule has 2 aliphatic rings. The van der Waals surface area contributed by atoms with Gasteiger partial charge in [0.2, 0.25) is 5.91 Å². The molecule has 2 N–H and O–H groups in total. The first-order valence-electron chi connectivity index (χ1n) is 9.16. The Morgan fingerprint density at radius 3 is 2.69 bits per heavy atom. The van der Waals surface area contributed by atoms with Gasteiger partial charge in [-0.1, -0.05) is 6.07 Å². The molecule has 0 aromatic carbocycles. The molecule has 10 heteroatoms. The highest BCUT2D eigenvalue weighted by Gasteiger charge is 2.33. The minimum absolute atomic E-state index is 0.0179. The van der Waals surface area contributed by atoms with Gasteiger partial charge >= 0.3 is 6.18 Å². The van der Waals surface area contributed by atoms with E-state index in [2.05, 4.69) is 20.6 Å². The van der Waals surface area contributed by atoms with E-state index < -0.39 is 17.8 Å². The third-order valence-electron chi connectivity index (χ3n) is 4.83. The minimum atomic E-state index is -4.51. The number of pyridine rings is 2. The van der Waals surface area contributed by atoms with Crippen molar-refractivity contribution in [3.63, 3.8) is 0 Å². The number of aromatic nitrogens is 2. The number of amides is 2. The fourth-order valence-corrected chi connectivity index (χ4v) is 3.05. The number of fused-ring (bicyclic) bond motifs is 1. The second kappa shape index (κ2) is 7.34. The molecule has 7 nitrogen and oxygen atoms in total. The summed E-state index contributed by atoms with van der Waals surface area (Å²) < 4.78 is 37.7. The fourth-order valence-electron chi connectivity index (χ4n) is 3.05. The van der Waals surface area contributed by atoms with Crippen LogP contribution in [-0.2, 0) is 17.5 Å². The molecule has 0 saturated heterocycles. The maximum atomic E-state index is 12.6. The Bertz CT molecular complexity index is 942. The van der Waals surface area contributed by atoms with Crippen LogP contribution >= 0.6 is 0 Å². The quantitative estimate of drug-likeness (QED) is 0.799. The van der Waals surface area contributed by atoms with Crippen LogP contribution in [0.25, 0.3) is 0 Å². The van der Waals surface area contributed by atoms with E-state index in [4.69, 9.17) is 0 Å². The van der Waals surface area contributed by atoms with Crippen LogP contribution in [0.5, 0.6) is 0 Å². The molecule has 1 saturated carbocycles. The summed E-state index contributed by atoms with van der Waals surface area (Å²) in [4.78, 5) is 34.0. The summed E-state index contributed by atoms with van der Waals surface area (Å²) in [6, 6.07) is 3.74. The molecule has 0 radical (unpaired) electrons. The molecule has 2 aromatic rings. The van der Waals surface area contributed by atoms with E-state index in [1.807, 2.05) is 0 Å². The second-order valence-electron chi connectivity index (χ2n) is 7.13. The lowest BCUT2D eigenvalue weighted by atomic mass is 10.1. The molecule has 0 spiro atoms. The molecule has 1 aliphatic heterocycles. The molecule has 152 valence electrons. The summed E-state index contributed by atoms with van der Waals surface area (Å²) in [6.07, 6.45) is 0.141. The second-order valence-corrected chi connectivity index (χ2v) is 7.13. The highest BCUT2D eigenvalue weighted by atomic mass is 19.4. The van der Waals surface area contributed by atoms with E-state index in [0.717, 1.165) is 25.1 Å². The number of carbonyl (C=O) groups excluding carboxylic acids is 2. The van der Waals surface area contributed by atoms with Crippen LogP contribution < -0.4 is 15.5 Å². The van der Waals surface area contributed by atoms with Gasteiger partial charge in [0.05, 0.1) is 17.8 Å². The predicted molar refractivity (Wildman–Crippen MR) is 98.2 cm³/mol. The van der Waals surface area contributed by atoms with Crippen molar-refractivity contribution in [2.24, 2.45) is 5.92 Å². The molecule has 2 amide bonds. The summed E-state index contributed by atoms with van der Waals surface area (Å²) in [6.45, 7) is 0.792. The van der Waals surface area contributed by atoms with Gasteiger partial charge in [0.1, 0.15) is 11.5 Å². The molecule has 0 atom stereocenters. The average molecular weight is 405 g/mol. The smallest absolute Gasteiger partial charge is 0.359 e. The monoisotopic (exact) mass is 405 g/mol. The molecule has 1 fully saturated rings. The minimum Gasteiger partial charge on any atom is -0.359 e. The summed E-state index contributed by atoms with van der Waals surface area (Å²) in [5.41, 5.74) is 0.279. The van der Waals surface area contributed by atoms with Gasteiger partial charge < -0.3 is 15.5 Å². The number of anilines is 2. The number of nitrogens with zero attached hydrogens (tertiary/aromatic N) is 3. The summed E-state index contributed by atoms with van der Waals surface area (Å²) in [5.74, 6) is 0.521. The third kappa shape index (κ3) is 4.30. The van der Waals surface area contributed by atoms with Crippen molar-refractivity contribution < 1.29 is 22.8 Å². The molecular formula is C19H18F3N5O2. The van der Waals surface area contributed by atoms with Crippen LogP contribution in [0.15, 0.2) is 30.6 Å². The van der Waals surface area contributed by atoms with Gasteiger partial charge in [0.25, 0.3) is 5.91 Å². The van der Waals surface area contributed by atoms with Crippen LogP contribution in [0.2, 0.25) is 0 Å². The van der Waals surface area contributed by atoms with Crippen molar-refractivity contribution in [3.8, 4) is 0 Å². The Kier molecular flexibility index (Phi) is 4.85. The van der Waals surface area contributed by atoms with E-state index >= 15 is 0 Å². The lowest BCUT2D eigenvalue weighted by Gasteiger charge is -2.29. The van der Waals surface area contributed by atoms with Gasteiger partial charge in [-0.3, -0.25) is 14.6 Å². The first-order chi connectivity index (χ1) is 13.8. The number of hydrogen-bond donors (Lipinski definition) is 2. The van der Waals surface area contributed by atoms with E-state index in [9.17, 15) is 22.8 Å². The Hall–Kier alpha value is -3.17. The van der Waals surface area contributed by atoms with Gasteiger partial charge in [-0.2, -0.15) is 13.2 Å². The molecule has 1 aliphatic carbocycles. The third-order valence-corrected chi connectivity index (χ3v) is 4.83. The maximum Gasteiger partial charge on any atom is 0.433 e. The lowest BCUT2D eigenvalue weighted by molar-refractivity contribution is -0.141. The molecule has 4 rings (SSSR count). The first kappa shape index (κ1) is 19.2. The first-order valence-corrected chi connectivity index (χ1v) is 9.16. The van der Waals surface area contributed by atoms with Gasteiger partial charge in [-0.25, -0.2) is 4.98 Å². The maximum absolute atomic E-state index is 12.6. The van der Waals surface area contributed by atoms with Gasteiger partial charge in [0.15, 0.2) is 0 Å². The van der Waals surface area contributed by atoms with Crippen molar-refractivity contribution in [2.45, 2.75) is 25.6 Å². The summed E-state index contributed by atoms with van der Waals surface area (Å²) in [5, 5.41) is 5.58. The van der Waals surface area contributed by atoms with E-state index in [1.165, 1.54) is 12.3 Å². The van der Waals surface area contributed by atoms with Crippen LogP contribution in [0.4, 0.5) is 24.7 Å². The van der Waals surface area contributed by atoms with Gasteiger partial charge in [-0.15, -0.1) is 0 Å². The van der Waals surface area contributed by atoms with E-state index in [0.29, 0.717) is 29.5 Å². The van der Waals surface area contributed by atoms with Crippen molar-refractivity contribution >= 4 is 23.3 Å². The Balaban J connectivity index is 1.45. The number of carbonyl (C=O) groups is 2. The highest BCUT2D eigenvalue weighted by Crippen LogP contribution is 2.35. The van der Waals surface area contributed by atoms with Crippen LogP contribution in [0, 0.1) is 5.92 Å². The highest BCUT2D eigenvalue weighted by molar-refractivity contribution is 6.04. The van der Waals surface area contributed by atoms with Crippen molar-refractivity contribution in [1.29, 1.82) is 0 Å². The number of hydrogen-bond acceptors (Lipinski definition) is 5. The molecule has 2 aromatic heterocycles. The topological polar surface area (TPSA) is 87.2 Å². The number of rotatable bonds is 5. The zero-order valence-corrected chi connectivity index (χ0v) is 15.3. The zero-order chi connectivity index (χ0) is 20.6. The number of halogens is 3. The molecular weight excluding hydrogens is 387 g/mol. The molecule has 3 heterocycles. The number of nitrogens with one attached hydrogen (secondary N) is 2. The zero-order valence-electron chi connectivity index (χ0n) is 15.3.